The Kier molecular flexibility index (Phi) is 4.68. The van der Waals surface area contributed by atoms with E-state index in [9.17, 15) is 9.59 Å². The molecule has 0 spiro atoms. The van der Waals surface area contributed by atoms with E-state index < -0.39 is 6.04 Å². The monoisotopic (exact) mass is 372 g/mol. The summed E-state index contributed by atoms with van der Waals surface area (Å²) in [6.45, 7) is 2.00. The van der Waals surface area contributed by atoms with Crippen molar-refractivity contribution in [1.82, 2.24) is 9.97 Å². The zero-order valence-corrected chi connectivity index (χ0v) is 15.3. The molecule has 6 heteroatoms. The van der Waals surface area contributed by atoms with Crippen LogP contribution in [0.3, 0.4) is 0 Å². The number of aryl methyl sites for hydroxylation is 1. The van der Waals surface area contributed by atoms with E-state index in [2.05, 4.69) is 20.6 Å². The third-order valence-electron chi connectivity index (χ3n) is 4.54. The summed E-state index contributed by atoms with van der Waals surface area (Å²) in [5, 5.41) is 6.24. The van der Waals surface area contributed by atoms with Crippen molar-refractivity contribution in [2.45, 2.75) is 13.0 Å². The molecule has 1 heterocycles. The molecule has 0 saturated heterocycles. The van der Waals surface area contributed by atoms with E-state index in [0.717, 1.165) is 28.0 Å². The van der Waals surface area contributed by atoms with Gasteiger partial charge in [0.1, 0.15) is 6.04 Å². The van der Waals surface area contributed by atoms with E-state index in [-0.39, 0.29) is 11.6 Å². The smallest absolute Gasteiger partial charge is 0.323 e. The quantitative estimate of drug-likeness (QED) is 0.427. The molecule has 0 fully saturated rings. The van der Waals surface area contributed by atoms with Crippen molar-refractivity contribution in [2.75, 3.05) is 10.6 Å². The van der Waals surface area contributed by atoms with Gasteiger partial charge in [0.2, 0.25) is 0 Å². The molecular weight excluding hydrogens is 352 g/mol. The normalized spacial score (nSPS) is 11.9. The van der Waals surface area contributed by atoms with Crippen molar-refractivity contribution < 1.29 is 4.79 Å². The minimum absolute atomic E-state index is 0.169. The number of H-pyrrole nitrogens is 2. The number of amides is 1. The first-order valence-electron chi connectivity index (χ1n) is 8.99. The summed E-state index contributed by atoms with van der Waals surface area (Å²) in [7, 11) is 0. The lowest BCUT2D eigenvalue weighted by atomic mass is 10.1. The Morgan fingerprint density at radius 1 is 0.857 bits per heavy atom. The maximum Gasteiger partial charge on any atom is 0.323 e. The minimum Gasteiger partial charge on any atom is -0.370 e. The van der Waals surface area contributed by atoms with Gasteiger partial charge in [-0.1, -0.05) is 48.0 Å². The molecule has 140 valence electrons. The first-order valence-corrected chi connectivity index (χ1v) is 8.99. The van der Waals surface area contributed by atoms with Gasteiger partial charge in [-0.3, -0.25) is 4.79 Å². The Balaban J connectivity index is 1.63. The highest BCUT2D eigenvalue weighted by molar-refractivity contribution is 5.97. The van der Waals surface area contributed by atoms with Crippen LogP contribution < -0.4 is 16.3 Å². The van der Waals surface area contributed by atoms with Gasteiger partial charge in [0.05, 0.1) is 11.0 Å². The molecule has 1 aromatic heterocycles. The predicted octanol–water partition coefficient (Wildman–Crippen LogP) is 3.96. The number of imidazole rings is 1. The van der Waals surface area contributed by atoms with Gasteiger partial charge >= 0.3 is 5.69 Å². The second-order valence-electron chi connectivity index (χ2n) is 6.68. The van der Waals surface area contributed by atoms with Crippen LogP contribution in [-0.2, 0) is 4.79 Å². The number of aromatic nitrogens is 2. The second-order valence-corrected chi connectivity index (χ2v) is 6.68. The van der Waals surface area contributed by atoms with Crippen molar-refractivity contribution in [1.29, 1.82) is 0 Å². The Morgan fingerprint density at radius 3 is 2.29 bits per heavy atom. The summed E-state index contributed by atoms with van der Waals surface area (Å²) >= 11 is 0. The van der Waals surface area contributed by atoms with Crippen LogP contribution in [0.25, 0.3) is 11.0 Å². The summed E-state index contributed by atoms with van der Waals surface area (Å²) in [4.78, 5) is 30.0. The Hall–Kier alpha value is -3.80. The predicted molar refractivity (Wildman–Crippen MR) is 112 cm³/mol. The van der Waals surface area contributed by atoms with E-state index in [1.165, 1.54) is 0 Å². The number of anilines is 2. The van der Waals surface area contributed by atoms with E-state index in [1.807, 2.05) is 73.7 Å². The molecule has 0 radical (unpaired) electrons. The maximum atomic E-state index is 13.0. The first-order chi connectivity index (χ1) is 13.6. The maximum absolute atomic E-state index is 13.0. The van der Waals surface area contributed by atoms with Crippen LogP contribution in [0.1, 0.15) is 17.2 Å². The molecular formula is C22H20N4O2. The molecule has 4 N–H and O–H groups in total. The SMILES string of the molecule is Cc1ccc(NC(=O)C(Nc2ccc3[nH]c(=O)[nH]c3c2)c2ccccc2)cc1. The number of carbonyl (C=O) groups excluding carboxylic acids is 1. The van der Waals surface area contributed by atoms with Crippen molar-refractivity contribution in [3.8, 4) is 0 Å². The highest BCUT2D eigenvalue weighted by atomic mass is 16.2. The fraction of sp³-hybridized carbons (Fsp3) is 0.0909. The molecule has 6 nitrogen and oxygen atoms in total. The van der Waals surface area contributed by atoms with Crippen LogP contribution in [-0.4, -0.2) is 15.9 Å². The van der Waals surface area contributed by atoms with Crippen molar-refractivity contribution in [3.05, 3.63) is 94.4 Å². The fourth-order valence-corrected chi connectivity index (χ4v) is 3.09. The molecule has 3 aromatic carbocycles. The second kappa shape index (κ2) is 7.44. The lowest BCUT2D eigenvalue weighted by Crippen LogP contribution is -2.27. The number of fused-ring (bicyclic) bond motifs is 1. The van der Waals surface area contributed by atoms with Gasteiger partial charge in [-0.2, -0.15) is 0 Å². The third-order valence-corrected chi connectivity index (χ3v) is 4.54. The summed E-state index contributed by atoms with van der Waals surface area (Å²) in [6.07, 6.45) is 0. The number of rotatable bonds is 5. The number of hydrogen-bond donors (Lipinski definition) is 4. The molecule has 0 aliphatic heterocycles. The fourth-order valence-electron chi connectivity index (χ4n) is 3.09. The molecule has 0 aliphatic rings. The minimum atomic E-state index is -0.592. The van der Waals surface area contributed by atoms with Crippen LogP contribution in [0.2, 0.25) is 0 Å². The number of nitrogens with one attached hydrogen (secondary N) is 4. The number of benzene rings is 3. The highest BCUT2D eigenvalue weighted by Crippen LogP contribution is 2.23. The summed E-state index contributed by atoms with van der Waals surface area (Å²) in [5.74, 6) is -0.169. The van der Waals surface area contributed by atoms with Crippen LogP contribution in [0.4, 0.5) is 11.4 Å². The van der Waals surface area contributed by atoms with Gasteiger partial charge in [0.15, 0.2) is 0 Å². The molecule has 28 heavy (non-hydrogen) atoms. The average Bonchev–Trinajstić information content (AvgIpc) is 3.07. The zero-order valence-electron chi connectivity index (χ0n) is 15.3. The van der Waals surface area contributed by atoms with Gasteiger partial charge in [-0.05, 0) is 42.8 Å². The number of hydrogen-bond acceptors (Lipinski definition) is 3. The number of carbonyl (C=O) groups is 1. The van der Waals surface area contributed by atoms with Gasteiger partial charge in [0, 0.05) is 11.4 Å². The van der Waals surface area contributed by atoms with E-state index in [4.69, 9.17) is 0 Å². The van der Waals surface area contributed by atoms with Crippen LogP contribution in [0.15, 0.2) is 77.6 Å². The number of aromatic amines is 2. The summed E-state index contributed by atoms with van der Waals surface area (Å²) in [6, 6.07) is 22.0. The molecule has 4 rings (SSSR count). The van der Waals surface area contributed by atoms with E-state index >= 15 is 0 Å². The topological polar surface area (TPSA) is 89.8 Å². The highest BCUT2D eigenvalue weighted by Gasteiger charge is 2.21. The summed E-state index contributed by atoms with van der Waals surface area (Å²) in [5.41, 5.74) is 4.58. The van der Waals surface area contributed by atoms with E-state index in [0.29, 0.717) is 5.52 Å². The first kappa shape index (κ1) is 17.6. The molecule has 4 aromatic rings. The molecule has 1 atom stereocenters. The van der Waals surface area contributed by atoms with Crippen LogP contribution in [0.5, 0.6) is 0 Å². The van der Waals surface area contributed by atoms with Gasteiger partial charge in [-0.25, -0.2) is 4.79 Å². The van der Waals surface area contributed by atoms with Gasteiger partial charge in [-0.15, -0.1) is 0 Å². The van der Waals surface area contributed by atoms with Gasteiger partial charge in [0.25, 0.3) is 5.91 Å². The van der Waals surface area contributed by atoms with Gasteiger partial charge < -0.3 is 20.6 Å². The van der Waals surface area contributed by atoms with Crippen LogP contribution >= 0.6 is 0 Å². The lowest BCUT2D eigenvalue weighted by Gasteiger charge is -2.20. The summed E-state index contributed by atoms with van der Waals surface area (Å²) < 4.78 is 0. The average molecular weight is 372 g/mol. The van der Waals surface area contributed by atoms with Crippen molar-refractivity contribution >= 4 is 28.3 Å². The Labute approximate surface area is 161 Å². The van der Waals surface area contributed by atoms with Crippen molar-refractivity contribution in [2.24, 2.45) is 0 Å². The third kappa shape index (κ3) is 3.81. The largest absolute Gasteiger partial charge is 0.370 e. The van der Waals surface area contributed by atoms with E-state index in [1.54, 1.807) is 6.07 Å². The molecule has 1 amide bonds. The van der Waals surface area contributed by atoms with Crippen molar-refractivity contribution in [3.63, 3.8) is 0 Å². The standard InChI is InChI=1S/C22H20N4O2/c1-14-7-9-16(10-8-14)24-21(27)20(15-5-3-2-4-6-15)23-17-11-12-18-19(13-17)26-22(28)25-18/h2-13,20,23H,1H3,(H,24,27)(H2,25,26,28). The molecule has 0 aliphatic carbocycles. The Morgan fingerprint density at radius 2 is 1.54 bits per heavy atom. The Bertz CT molecular complexity index is 1160. The molecule has 1 unspecified atom stereocenters. The van der Waals surface area contributed by atoms with Crippen LogP contribution in [0, 0.1) is 6.92 Å². The lowest BCUT2D eigenvalue weighted by molar-refractivity contribution is -0.117. The zero-order chi connectivity index (χ0) is 19.5. The molecule has 0 bridgehead atoms. The molecule has 0 saturated carbocycles.